The van der Waals surface area contributed by atoms with E-state index in [4.69, 9.17) is 0 Å². The summed E-state index contributed by atoms with van der Waals surface area (Å²) in [4.78, 5) is 24.0. The van der Waals surface area contributed by atoms with Crippen molar-refractivity contribution in [1.29, 1.82) is 0 Å². The highest BCUT2D eigenvalue weighted by Gasteiger charge is 2.38. The van der Waals surface area contributed by atoms with E-state index in [-0.39, 0.29) is 34.6 Å². The minimum absolute atomic E-state index is 0.0606. The number of benzene rings is 2. The minimum Gasteiger partial charge on any atom is -0.378 e. The Bertz CT molecular complexity index is 1550. The first-order valence-electron chi connectivity index (χ1n) is 13.6. The summed E-state index contributed by atoms with van der Waals surface area (Å²) in [5.41, 5.74) is -0.407. The van der Waals surface area contributed by atoms with E-state index >= 15 is 8.78 Å². The molecule has 3 atom stereocenters. The van der Waals surface area contributed by atoms with Crippen molar-refractivity contribution in [3.05, 3.63) is 77.8 Å². The summed E-state index contributed by atoms with van der Waals surface area (Å²) >= 11 is 0. The van der Waals surface area contributed by atoms with Gasteiger partial charge in [0.25, 0.3) is 10.0 Å². The molecule has 1 saturated carbocycles. The summed E-state index contributed by atoms with van der Waals surface area (Å²) in [5.74, 6) is -2.93. The summed E-state index contributed by atoms with van der Waals surface area (Å²) < 4.78 is 97.1. The topological polar surface area (TPSA) is 105 Å². The normalized spacial score (nSPS) is 21.4. The quantitative estimate of drug-likeness (QED) is 0.195. The fraction of sp³-hybridized carbons (Fsp3) is 0.393. The maximum atomic E-state index is 15.4. The Morgan fingerprint density at radius 2 is 1.81 bits per heavy atom. The number of anilines is 2. The van der Waals surface area contributed by atoms with Gasteiger partial charge in [-0.1, -0.05) is 22.7 Å². The molecule has 9 nitrogen and oxygen atoms in total. The fourth-order valence-corrected chi connectivity index (χ4v) is 7.09. The zero-order valence-electron chi connectivity index (χ0n) is 22.7. The molecular formula is C28H28F5N5O4S. The third kappa shape index (κ3) is 6.56. The number of sulfonamides is 1. The van der Waals surface area contributed by atoms with Gasteiger partial charge >= 0.3 is 12.6 Å². The van der Waals surface area contributed by atoms with Gasteiger partial charge in [-0.25, -0.2) is 18.7 Å². The molecule has 0 bridgehead atoms. The predicted molar refractivity (Wildman–Crippen MR) is 145 cm³/mol. The molecule has 2 heterocycles. The van der Waals surface area contributed by atoms with Gasteiger partial charge in [0.1, 0.15) is 22.9 Å². The van der Waals surface area contributed by atoms with Crippen LogP contribution in [0.5, 0.6) is 0 Å². The molecule has 2 fully saturated rings. The van der Waals surface area contributed by atoms with Gasteiger partial charge in [0.05, 0.1) is 11.3 Å². The average molecular weight is 626 g/mol. The van der Waals surface area contributed by atoms with Crippen LogP contribution in [-0.2, 0) is 25.8 Å². The molecule has 15 heteroatoms. The van der Waals surface area contributed by atoms with Crippen molar-refractivity contribution in [3.63, 3.8) is 0 Å². The van der Waals surface area contributed by atoms with E-state index in [1.807, 2.05) is 0 Å². The number of halogens is 5. The molecule has 0 radical (unpaired) electrons. The number of likely N-dealkylation sites (tertiary alicyclic amines) is 1. The maximum absolute atomic E-state index is 15.4. The molecule has 3 aromatic rings. The molecule has 1 aliphatic carbocycles. The molecule has 5 rings (SSSR count). The van der Waals surface area contributed by atoms with Crippen molar-refractivity contribution in [3.8, 4) is 0 Å². The molecule has 230 valence electrons. The molecule has 0 spiro atoms. The first kappa shape index (κ1) is 30.6. The number of carbonyl (C=O) groups excluding carboxylic acids is 1. The molecule has 1 aliphatic heterocycles. The number of hydrogen-bond donors (Lipinski definition) is 1. The molecular weight excluding hydrogens is 597 g/mol. The number of aromatic nitrogens is 2. The Hall–Kier alpha value is -3.85. The van der Waals surface area contributed by atoms with E-state index in [1.54, 1.807) is 6.07 Å². The summed E-state index contributed by atoms with van der Waals surface area (Å²) in [6.45, 7) is 1.33. The van der Waals surface area contributed by atoms with Gasteiger partial charge in [0, 0.05) is 30.4 Å². The Labute approximate surface area is 244 Å². The number of nitrogens with one attached hydrogen (secondary N) is 1. The Balaban J connectivity index is 1.40. The van der Waals surface area contributed by atoms with Gasteiger partial charge in [0.2, 0.25) is 0 Å². The molecule has 1 N–H and O–H groups in total. The van der Waals surface area contributed by atoms with Crippen molar-refractivity contribution >= 4 is 28.0 Å². The SMILES string of the molecule is O=CON(c1ccncn1)S(=O)(=O)c1cc(F)c(N[C@H]2CC[C@H](c3cccc(C(F)(F)F)c3)C[C@@H]2N2CCCC2)cc1F. The number of rotatable bonds is 9. The third-order valence-electron chi connectivity index (χ3n) is 7.86. The Morgan fingerprint density at radius 3 is 2.49 bits per heavy atom. The minimum atomic E-state index is -4.94. The fourth-order valence-electron chi connectivity index (χ4n) is 5.85. The van der Waals surface area contributed by atoms with Gasteiger partial charge in [-0.3, -0.25) is 9.69 Å². The highest BCUT2D eigenvalue weighted by Crippen LogP contribution is 2.40. The second-order valence-corrected chi connectivity index (χ2v) is 12.2. The molecule has 2 aromatic carbocycles. The van der Waals surface area contributed by atoms with Crippen molar-refractivity contribution in [2.24, 2.45) is 0 Å². The average Bonchev–Trinajstić information content (AvgIpc) is 3.53. The van der Waals surface area contributed by atoms with Crippen LogP contribution in [0.25, 0.3) is 0 Å². The number of hydrogen-bond acceptors (Lipinski definition) is 8. The Kier molecular flexibility index (Phi) is 8.83. The lowest BCUT2D eigenvalue weighted by Gasteiger charge is -2.42. The first-order chi connectivity index (χ1) is 20.5. The van der Waals surface area contributed by atoms with Gasteiger partial charge in [-0.15, -0.1) is 0 Å². The zero-order chi connectivity index (χ0) is 30.8. The van der Waals surface area contributed by atoms with Crippen molar-refractivity contribution in [1.82, 2.24) is 14.9 Å². The highest BCUT2D eigenvalue weighted by atomic mass is 32.2. The van der Waals surface area contributed by atoms with E-state index in [2.05, 4.69) is 25.0 Å². The summed E-state index contributed by atoms with van der Waals surface area (Å²) in [6.07, 6.45) is 1.05. The van der Waals surface area contributed by atoms with Crippen LogP contribution in [0.15, 0.2) is 59.9 Å². The van der Waals surface area contributed by atoms with Crippen molar-refractivity contribution in [2.75, 3.05) is 22.9 Å². The second kappa shape index (κ2) is 12.4. The highest BCUT2D eigenvalue weighted by molar-refractivity contribution is 7.92. The van der Waals surface area contributed by atoms with Crippen molar-refractivity contribution < 1.29 is 40.0 Å². The predicted octanol–water partition coefficient (Wildman–Crippen LogP) is 5.27. The van der Waals surface area contributed by atoms with Crippen LogP contribution < -0.4 is 9.79 Å². The summed E-state index contributed by atoms with van der Waals surface area (Å²) in [7, 11) is -4.94. The standard InChI is InChI=1S/C28H28F5N5O4S/c29-21-15-26(43(40,41)38(42-17-39)27-8-9-34-16-35-27)22(30)14-24(21)36-23-7-6-19(13-25(23)37-10-1-2-11-37)18-4-3-5-20(12-18)28(31,32)33/h3-5,8-9,12,14-17,19,23,25,36H,1-2,6-7,10-11,13H2/t19-,23-,25-/m0/s1. The van der Waals surface area contributed by atoms with Gasteiger partial charge in [-0.2, -0.15) is 21.6 Å². The van der Waals surface area contributed by atoms with Crippen LogP contribution in [-0.4, -0.2) is 54.9 Å². The Morgan fingerprint density at radius 1 is 1.05 bits per heavy atom. The van der Waals surface area contributed by atoms with Gasteiger partial charge in [0.15, 0.2) is 5.82 Å². The van der Waals surface area contributed by atoms with Gasteiger partial charge in [-0.05, 0) is 68.8 Å². The smallest absolute Gasteiger partial charge is 0.378 e. The molecule has 43 heavy (non-hydrogen) atoms. The number of nitrogens with zero attached hydrogens (tertiary/aromatic N) is 4. The van der Waals surface area contributed by atoms with E-state index < -0.39 is 44.1 Å². The zero-order valence-corrected chi connectivity index (χ0v) is 23.5. The van der Waals surface area contributed by atoms with E-state index in [0.29, 0.717) is 30.9 Å². The van der Waals surface area contributed by atoms with E-state index in [0.717, 1.165) is 50.5 Å². The lowest BCUT2D eigenvalue weighted by atomic mass is 9.77. The molecule has 1 saturated heterocycles. The summed E-state index contributed by atoms with van der Waals surface area (Å²) in [5, 5.41) is 3.04. The largest absolute Gasteiger partial charge is 0.416 e. The van der Waals surface area contributed by atoms with E-state index in [9.17, 15) is 26.4 Å². The van der Waals surface area contributed by atoms with Crippen LogP contribution in [0.2, 0.25) is 0 Å². The lowest BCUT2D eigenvalue weighted by Crippen LogP contribution is -2.49. The van der Waals surface area contributed by atoms with E-state index in [1.165, 1.54) is 18.3 Å². The van der Waals surface area contributed by atoms with Crippen LogP contribution in [0.3, 0.4) is 0 Å². The van der Waals surface area contributed by atoms with Crippen LogP contribution >= 0.6 is 0 Å². The monoisotopic (exact) mass is 625 g/mol. The molecule has 1 aromatic heterocycles. The molecule has 0 amide bonds. The lowest BCUT2D eigenvalue weighted by molar-refractivity contribution is -0.137. The number of alkyl halides is 3. The van der Waals surface area contributed by atoms with Crippen LogP contribution in [0, 0.1) is 11.6 Å². The second-order valence-electron chi connectivity index (χ2n) is 10.5. The summed E-state index contributed by atoms with van der Waals surface area (Å²) in [6, 6.07) is 7.04. The molecule has 2 aliphatic rings. The molecule has 0 unspecified atom stereocenters. The maximum Gasteiger partial charge on any atom is 0.416 e. The first-order valence-corrected chi connectivity index (χ1v) is 15.0. The van der Waals surface area contributed by atoms with Crippen LogP contribution in [0.1, 0.15) is 49.1 Å². The van der Waals surface area contributed by atoms with Gasteiger partial charge < -0.3 is 10.2 Å². The third-order valence-corrected chi connectivity index (χ3v) is 9.44. The van der Waals surface area contributed by atoms with Crippen LogP contribution in [0.4, 0.5) is 33.5 Å². The van der Waals surface area contributed by atoms with Crippen molar-refractivity contribution in [2.45, 2.75) is 61.2 Å². The number of carbonyl (C=O) groups is 1.